The van der Waals surface area contributed by atoms with E-state index < -0.39 is 0 Å². The fourth-order valence-corrected chi connectivity index (χ4v) is 2.26. The van der Waals surface area contributed by atoms with E-state index in [9.17, 15) is 0 Å². The Kier molecular flexibility index (Phi) is 4.44. The summed E-state index contributed by atoms with van der Waals surface area (Å²) in [5.41, 5.74) is 9.14. The van der Waals surface area contributed by atoms with Gasteiger partial charge in [-0.15, -0.1) is 0 Å². The minimum absolute atomic E-state index is 0.819. The third kappa shape index (κ3) is 3.50. The molecule has 102 valence electrons. The standard InChI is InChI=1S/C15H22N4/c1-3-10-19(15-6-4-5-13(16)12-15)11-8-14-7-9-17-18(14)2/h4-7,9,12H,3,8,10-11,16H2,1-2H3. The average Bonchev–Trinajstić information content (AvgIpc) is 2.80. The fraction of sp³-hybridized carbons (Fsp3) is 0.400. The second-order valence-corrected chi connectivity index (χ2v) is 4.78. The van der Waals surface area contributed by atoms with Crippen LogP contribution in [0.5, 0.6) is 0 Å². The predicted molar refractivity (Wildman–Crippen MR) is 80.3 cm³/mol. The monoisotopic (exact) mass is 258 g/mol. The number of hydrogen-bond acceptors (Lipinski definition) is 3. The van der Waals surface area contributed by atoms with Crippen molar-refractivity contribution in [3.63, 3.8) is 0 Å². The highest BCUT2D eigenvalue weighted by Gasteiger charge is 2.07. The first kappa shape index (κ1) is 13.5. The first-order valence-electron chi connectivity index (χ1n) is 6.78. The maximum absolute atomic E-state index is 5.87. The van der Waals surface area contributed by atoms with Gasteiger partial charge in [-0.3, -0.25) is 4.68 Å². The van der Waals surface area contributed by atoms with Gasteiger partial charge in [-0.2, -0.15) is 5.10 Å². The van der Waals surface area contributed by atoms with E-state index in [1.54, 1.807) is 0 Å². The summed E-state index contributed by atoms with van der Waals surface area (Å²) in [6.07, 6.45) is 3.96. The quantitative estimate of drug-likeness (QED) is 0.810. The van der Waals surface area contributed by atoms with E-state index in [1.165, 1.54) is 11.4 Å². The zero-order chi connectivity index (χ0) is 13.7. The van der Waals surface area contributed by atoms with Crippen LogP contribution in [0.3, 0.4) is 0 Å². The average molecular weight is 258 g/mol. The minimum Gasteiger partial charge on any atom is -0.399 e. The van der Waals surface area contributed by atoms with Crippen molar-refractivity contribution < 1.29 is 0 Å². The maximum Gasteiger partial charge on any atom is 0.0492 e. The third-order valence-electron chi connectivity index (χ3n) is 3.29. The molecule has 4 heteroatoms. The highest BCUT2D eigenvalue weighted by molar-refractivity contribution is 5.55. The zero-order valence-corrected chi connectivity index (χ0v) is 11.7. The molecule has 2 N–H and O–H groups in total. The van der Waals surface area contributed by atoms with E-state index in [1.807, 2.05) is 36.1 Å². The summed E-state index contributed by atoms with van der Waals surface area (Å²) in [6, 6.07) is 10.2. The van der Waals surface area contributed by atoms with Crippen molar-refractivity contribution in [2.45, 2.75) is 19.8 Å². The second-order valence-electron chi connectivity index (χ2n) is 4.78. The molecule has 0 atom stereocenters. The highest BCUT2D eigenvalue weighted by Crippen LogP contribution is 2.18. The van der Waals surface area contributed by atoms with Crippen LogP contribution in [-0.2, 0) is 13.5 Å². The lowest BCUT2D eigenvalue weighted by atomic mass is 10.2. The number of benzene rings is 1. The van der Waals surface area contributed by atoms with E-state index in [0.29, 0.717) is 0 Å². The van der Waals surface area contributed by atoms with Crippen molar-refractivity contribution >= 4 is 11.4 Å². The van der Waals surface area contributed by atoms with Gasteiger partial charge < -0.3 is 10.6 Å². The van der Waals surface area contributed by atoms with Crippen molar-refractivity contribution in [3.05, 3.63) is 42.2 Å². The summed E-state index contributed by atoms with van der Waals surface area (Å²) < 4.78 is 1.93. The second kappa shape index (κ2) is 6.27. The molecule has 0 aliphatic rings. The van der Waals surface area contributed by atoms with Crippen LogP contribution in [-0.4, -0.2) is 22.9 Å². The van der Waals surface area contributed by atoms with Gasteiger partial charge in [0, 0.05) is 49.8 Å². The molecule has 0 fully saturated rings. The molecular formula is C15H22N4. The largest absolute Gasteiger partial charge is 0.399 e. The lowest BCUT2D eigenvalue weighted by molar-refractivity contribution is 0.681. The highest BCUT2D eigenvalue weighted by atomic mass is 15.3. The lowest BCUT2D eigenvalue weighted by Crippen LogP contribution is -2.27. The summed E-state index contributed by atoms with van der Waals surface area (Å²) in [4.78, 5) is 2.38. The summed E-state index contributed by atoms with van der Waals surface area (Å²) in [5, 5.41) is 4.21. The first-order chi connectivity index (χ1) is 9.20. The van der Waals surface area contributed by atoms with E-state index >= 15 is 0 Å². The smallest absolute Gasteiger partial charge is 0.0492 e. The molecule has 0 radical (unpaired) electrons. The molecule has 0 saturated carbocycles. The first-order valence-corrected chi connectivity index (χ1v) is 6.78. The summed E-state index contributed by atoms with van der Waals surface area (Å²) >= 11 is 0. The Labute approximate surface area is 114 Å². The molecule has 0 spiro atoms. The van der Waals surface area contributed by atoms with Gasteiger partial charge in [0.05, 0.1) is 0 Å². The van der Waals surface area contributed by atoms with Crippen LogP contribution in [0.15, 0.2) is 36.5 Å². The third-order valence-corrected chi connectivity index (χ3v) is 3.29. The summed E-state index contributed by atoms with van der Waals surface area (Å²) in [7, 11) is 1.99. The van der Waals surface area contributed by atoms with Crippen molar-refractivity contribution in [2.24, 2.45) is 7.05 Å². The van der Waals surface area contributed by atoms with Crippen LogP contribution in [0.4, 0.5) is 11.4 Å². The molecule has 0 unspecified atom stereocenters. The van der Waals surface area contributed by atoms with Crippen LogP contribution in [0.25, 0.3) is 0 Å². The minimum atomic E-state index is 0.819. The molecule has 1 aromatic heterocycles. The van der Waals surface area contributed by atoms with Gasteiger partial charge >= 0.3 is 0 Å². The van der Waals surface area contributed by atoms with Crippen LogP contribution in [0.2, 0.25) is 0 Å². The van der Waals surface area contributed by atoms with E-state index in [2.05, 4.69) is 29.1 Å². The topological polar surface area (TPSA) is 47.1 Å². The normalized spacial score (nSPS) is 10.6. The molecule has 19 heavy (non-hydrogen) atoms. The number of nitrogens with zero attached hydrogens (tertiary/aromatic N) is 3. The molecule has 0 amide bonds. The number of nitrogens with two attached hydrogens (primary N) is 1. The van der Waals surface area contributed by atoms with Gasteiger partial charge in [0.1, 0.15) is 0 Å². The molecule has 0 bridgehead atoms. The van der Waals surface area contributed by atoms with Crippen LogP contribution < -0.4 is 10.6 Å². The Morgan fingerprint density at radius 1 is 1.26 bits per heavy atom. The fourth-order valence-electron chi connectivity index (χ4n) is 2.26. The number of rotatable bonds is 6. The molecule has 4 nitrogen and oxygen atoms in total. The molecule has 0 aliphatic carbocycles. The number of hydrogen-bond donors (Lipinski definition) is 1. The van der Waals surface area contributed by atoms with E-state index in [0.717, 1.165) is 31.6 Å². The molecule has 1 aromatic carbocycles. The van der Waals surface area contributed by atoms with Crippen molar-refractivity contribution in [1.29, 1.82) is 0 Å². The Balaban J connectivity index is 2.06. The summed E-state index contributed by atoms with van der Waals surface area (Å²) in [5.74, 6) is 0. The Morgan fingerprint density at radius 3 is 2.74 bits per heavy atom. The van der Waals surface area contributed by atoms with Gasteiger partial charge in [-0.1, -0.05) is 13.0 Å². The summed E-state index contributed by atoms with van der Waals surface area (Å²) in [6.45, 7) is 4.22. The number of anilines is 2. The van der Waals surface area contributed by atoms with E-state index in [-0.39, 0.29) is 0 Å². The number of aromatic nitrogens is 2. The zero-order valence-electron chi connectivity index (χ0n) is 11.7. The molecule has 2 aromatic rings. The Hall–Kier alpha value is -1.97. The van der Waals surface area contributed by atoms with Crippen molar-refractivity contribution in [3.8, 4) is 0 Å². The predicted octanol–water partition coefficient (Wildman–Crippen LogP) is 2.46. The van der Waals surface area contributed by atoms with Crippen molar-refractivity contribution in [2.75, 3.05) is 23.7 Å². The molecular weight excluding hydrogens is 236 g/mol. The Morgan fingerprint density at radius 2 is 2.11 bits per heavy atom. The lowest BCUT2D eigenvalue weighted by Gasteiger charge is -2.24. The molecule has 0 saturated heterocycles. The maximum atomic E-state index is 5.87. The van der Waals surface area contributed by atoms with Crippen LogP contribution in [0.1, 0.15) is 19.0 Å². The van der Waals surface area contributed by atoms with Crippen LogP contribution in [0, 0.1) is 0 Å². The van der Waals surface area contributed by atoms with Gasteiger partial charge in [0.2, 0.25) is 0 Å². The SMILES string of the molecule is CCCN(CCc1ccnn1C)c1cccc(N)c1. The number of nitrogen functional groups attached to an aromatic ring is 1. The molecule has 2 rings (SSSR count). The Bertz CT molecular complexity index is 518. The van der Waals surface area contributed by atoms with E-state index in [4.69, 9.17) is 5.73 Å². The van der Waals surface area contributed by atoms with Gasteiger partial charge in [0.15, 0.2) is 0 Å². The van der Waals surface area contributed by atoms with Gasteiger partial charge in [-0.25, -0.2) is 0 Å². The van der Waals surface area contributed by atoms with Crippen LogP contribution >= 0.6 is 0 Å². The number of aryl methyl sites for hydroxylation is 1. The molecule has 1 heterocycles. The van der Waals surface area contributed by atoms with Crippen molar-refractivity contribution in [1.82, 2.24) is 9.78 Å². The van der Waals surface area contributed by atoms with Gasteiger partial charge in [-0.05, 0) is 30.7 Å². The molecule has 0 aliphatic heterocycles. The van der Waals surface area contributed by atoms with Gasteiger partial charge in [0.25, 0.3) is 0 Å².